The van der Waals surface area contributed by atoms with Crippen molar-refractivity contribution in [2.45, 2.75) is 0 Å². The molecule has 0 aliphatic heterocycles. The van der Waals surface area contributed by atoms with Gasteiger partial charge in [0.25, 0.3) is 0 Å². The van der Waals surface area contributed by atoms with E-state index in [-0.39, 0.29) is 0 Å². The van der Waals surface area contributed by atoms with Gasteiger partial charge in [-0.05, 0) is 35.9 Å². The molecule has 2 aromatic rings. The van der Waals surface area contributed by atoms with Crippen molar-refractivity contribution in [3.8, 4) is 22.9 Å². The minimum absolute atomic E-state index is 0.593. The van der Waals surface area contributed by atoms with Crippen LogP contribution in [0.4, 0.5) is 0 Å². The number of rotatable bonds is 3. The molecule has 3 heteroatoms. The van der Waals surface area contributed by atoms with Crippen LogP contribution in [-0.2, 0) is 0 Å². The van der Waals surface area contributed by atoms with E-state index in [1.807, 2.05) is 12.1 Å². The van der Waals surface area contributed by atoms with Crippen molar-refractivity contribution >= 4 is 6.29 Å². The molecule has 3 nitrogen and oxygen atoms in total. The lowest BCUT2D eigenvalue weighted by atomic mass is 10.0. The van der Waals surface area contributed by atoms with Crippen molar-refractivity contribution in [1.29, 1.82) is 5.26 Å². The van der Waals surface area contributed by atoms with Crippen LogP contribution in [0.3, 0.4) is 0 Å². The van der Waals surface area contributed by atoms with Gasteiger partial charge in [-0.15, -0.1) is 0 Å². The lowest BCUT2D eigenvalue weighted by Gasteiger charge is -2.09. The zero-order valence-corrected chi connectivity index (χ0v) is 9.88. The summed E-state index contributed by atoms with van der Waals surface area (Å²) < 4.78 is 5.27. The standard InChI is InChI=1S/C15H11NO2/c1-18-15-7-4-12(10-17)8-14(15)13-5-2-11(9-16)3-6-13/h2-8,10H,1H3. The molecule has 0 aromatic heterocycles. The van der Waals surface area contributed by atoms with Crippen LogP contribution in [0.5, 0.6) is 5.75 Å². The Morgan fingerprint density at radius 1 is 1.17 bits per heavy atom. The van der Waals surface area contributed by atoms with Gasteiger partial charge in [0, 0.05) is 11.1 Å². The fourth-order valence-electron chi connectivity index (χ4n) is 1.75. The van der Waals surface area contributed by atoms with Gasteiger partial charge in [-0.25, -0.2) is 0 Å². The molecule has 0 fully saturated rings. The Morgan fingerprint density at radius 2 is 1.89 bits per heavy atom. The minimum atomic E-state index is 0.593. The van der Waals surface area contributed by atoms with E-state index in [9.17, 15) is 4.79 Å². The SMILES string of the molecule is COc1ccc(C=O)cc1-c1ccc(C#N)cc1. The van der Waals surface area contributed by atoms with Crippen LogP contribution in [0.15, 0.2) is 42.5 Å². The van der Waals surface area contributed by atoms with Crippen molar-refractivity contribution in [3.63, 3.8) is 0 Å². The topological polar surface area (TPSA) is 50.1 Å². The van der Waals surface area contributed by atoms with Crippen molar-refractivity contribution in [1.82, 2.24) is 0 Å². The summed E-state index contributed by atoms with van der Waals surface area (Å²) in [6, 6.07) is 14.5. The number of methoxy groups -OCH3 is 1. The second-order valence-corrected chi connectivity index (χ2v) is 3.77. The van der Waals surface area contributed by atoms with Crippen LogP contribution in [0.2, 0.25) is 0 Å². The van der Waals surface area contributed by atoms with Crippen molar-refractivity contribution in [3.05, 3.63) is 53.6 Å². The Bertz CT molecular complexity index is 609. The minimum Gasteiger partial charge on any atom is -0.496 e. The third-order valence-corrected chi connectivity index (χ3v) is 2.68. The normalized spacial score (nSPS) is 9.56. The average molecular weight is 237 g/mol. The number of benzene rings is 2. The Balaban J connectivity index is 2.53. The Kier molecular flexibility index (Phi) is 3.40. The van der Waals surface area contributed by atoms with Gasteiger partial charge < -0.3 is 4.74 Å². The largest absolute Gasteiger partial charge is 0.496 e. The molecular formula is C15H11NO2. The number of carbonyl (C=O) groups is 1. The number of ether oxygens (including phenoxy) is 1. The first kappa shape index (κ1) is 11.9. The molecule has 0 N–H and O–H groups in total. The molecule has 0 aliphatic carbocycles. The Labute approximate surface area is 105 Å². The molecule has 18 heavy (non-hydrogen) atoms. The predicted molar refractivity (Wildman–Crippen MR) is 68.5 cm³/mol. The molecule has 0 spiro atoms. The number of nitrogens with zero attached hydrogens (tertiary/aromatic N) is 1. The molecule has 2 aromatic carbocycles. The van der Waals surface area contributed by atoms with Crippen LogP contribution in [0.1, 0.15) is 15.9 Å². The molecule has 0 saturated carbocycles. The summed E-state index contributed by atoms with van der Waals surface area (Å²) in [6.07, 6.45) is 0.798. The maximum Gasteiger partial charge on any atom is 0.150 e. The summed E-state index contributed by atoms with van der Waals surface area (Å²) in [7, 11) is 1.59. The highest BCUT2D eigenvalue weighted by Crippen LogP contribution is 2.30. The van der Waals surface area contributed by atoms with E-state index < -0.39 is 0 Å². The molecule has 0 atom stereocenters. The van der Waals surface area contributed by atoms with E-state index in [4.69, 9.17) is 10.00 Å². The second-order valence-electron chi connectivity index (χ2n) is 3.77. The number of hydrogen-bond donors (Lipinski definition) is 0. The molecule has 0 radical (unpaired) electrons. The van der Waals surface area contributed by atoms with Crippen LogP contribution in [-0.4, -0.2) is 13.4 Å². The van der Waals surface area contributed by atoms with Gasteiger partial charge in [0.2, 0.25) is 0 Å². The van der Waals surface area contributed by atoms with Crippen LogP contribution in [0, 0.1) is 11.3 Å². The molecule has 88 valence electrons. The fourth-order valence-corrected chi connectivity index (χ4v) is 1.75. The van der Waals surface area contributed by atoms with E-state index in [0.717, 1.165) is 17.4 Å². The quantitative estimate of drug-likeness (QED) is 0.771. The van der Waals surface area contributed by atoms with Gasteiger partial charge in [0.15, 0.2) is 0 Å². The lowest BCUT2D eigenvalue weighted by molar-refractivity contribution is 0.112. The van der Waals surface area contributed by atoms with Crippen molar-refractivity contribution in [2.75, 3.05) is 7.11 Å². The van der Waals surface area contributed by atoms with Crippen LogP contribution in [0.25, 0.3) is 11.1 Å². The number of aldehydes is 1. The zero-order chi connectivity index (χ0) is 13.0. The number of nitriles is 1. The molecule has 0 aliphatic rings. The van der Waals surface area contributed by atoms with E-state index in [1.54, 1.807) is 37.4 Å². The molecule has 0 unspecified atom stereocenters. The van der Waals surface area contributed by atoms with Gasteiger partial charge in [0.1, 0.15) is 12.0 Å². The van der Waals surface area contributed by atoms with Gasteiger partial charge in [-0.2, -0.15) is 5.26 Å². The average Bonchev–Trinajstić information content (AvgIpc) is 2.46. The Hall–Kier alpha value is -2.60. The first-order chi connectivity index (χ1) is 8.78. The summed E-state index contributed by atoms with van der Waals surface area (Å²) in [4.78, 5) is 10.8. The van der Waals surface area contributed by atoms with E-state index in [1.165, 1.54) is 0 Å². The first-order valence-corrected chi connectivity index (χ1v) is 5.42. The van der Waals surface area contributed by atoms with Crippen LogP contribution < -0.4 is 4.74 Å². The van der Waals surface area contributed by atoms with Crippen molar-refractivity contribution < 1.29 is 9.53 Å². The molecule has 0 saturated heterocycles. The zero-order valence-electron chi connectivity index (χ0n) is 9.88. The molecule has 2 rings (SSSR count). The third kappa shape index (κ3) is 2.23. The molecular weight excluding hydrogens is 226 g/mol. The summed E-state index contributed by atoms with van der Waals surface area (Å²) in [5, 5.41) is 8.76. The summed E-state index contributed by atoms with van der Waals surface area (Å²) in [6.45, 7) is 0. The van der Waals surface area contributed by atoms with E-state index in [0.29, 0.717) is 16.9 Å². The number of carbonyl (C=O) groups excluding carboxylic acids is 1. The predicted octanol–water partition coefficient (Wildman–Crippen LogP) is 3.05. The van der Waals surface area contributed by atoms with Gasteiger partial charge in [-0.1, -0.05) is 12.1 Å². The maximum atomic E-state index is 10.8. The monoisotopic (exact) mass is 237 g/mol. The highest BCUT2D eigenvalue weighted by Gasteiger charge is 2.07. The van der Waals surface area contributed by atoms with Gasteiger partial charge >= 0.3 is 0 Å². The number of hydrogen-bond acceptors (Lipinski definition) is 3. The fraction of sp³-hybridized carbons (Fsp3) is 0.0667. The maximum absolute atomic E-state index is 10.8. The smallest absolute Gasteiger partial charge is 0.150 e. The molecule has 0 heterocycles. The van der Waals surface area contributed by atoms with Crippen molar-refractivity contribution in [2.24, 2.45) is 0 Å². The highest BCUT2D eigenvalue weighted by atomic mass is 16.5. The summed E-state index contributed by atoms with van der Waals surface area (Å²) in [5.74, 6) is 0.699. The second kappa shape index (κ2) is 5.15. The van der Waals surface area contributed by atoms with Crippen LogP contribution >= 0.6 is 0 Å². The lowest BCUT2D eigenvalue weighted by Crippen LogP contribution is -1.90. The third-order valence-electron chi connectivity index (χ3n) is 2.68. The Morgan fingerprint density at radius 3 is 2.44 bits per heavy atom. The van der Waals surface area contributed by atoms with E-state index >= 15 is 0 Å². The molecule has 0 bridgehead atoms. The van der Waals surface area contributed by atoms with Gasteiger partial charge in [-0.3, -0.25) is 4.79 Å². The van der Waals surface area contributed by atoms with E-state index in [2.05, 4.69) is 6.07 Å². The first-order valence-electron chi connectivity index (χ1n) is 5.42. The summed E-state index contributed by atoms with van der Waals surface area (Å²) >= 11 is 0. The molecule has 0 amide bonds. The highest BCUT2D eigenvalue weighted by molar-refractivity contribution is 5.81. The summed E-state index contributed by atoms with van der Waals surface area (Å²) in [5.41, 5.74) is 2.94. The van der Waals surface area contributed by atoms with Gasteiger partial charge in [0.05, 0.1) is 18.7 Å².